The minimum Gasteiger partial charge on any atom is -0.493 e. The van der Waals surface area contributed by atoms with Crippen molar-refractivity contribution in [1.29, 1.82) is 0 Å². The van der Waals surface area contributed by atoms with Gasteiger partial charge in [-0.05, 0) is 48.7 Å². The van der Waals surface area contributed by atoms with Gasteiger partial charge < -0.3 is 15.2 Å². The van der Waals surface area contributed by atoms with E-state index in [1.165, 1.54) is 0 Å². The normalized spacial score (nSPS) is 13.9. The van der Waals surface area contributed by atoms with E-state index in [0.29, 0.717) is 23.7 Å². The molecule has 2 aromatic rings. The van der Waals surface area contributed by atoms with Crippen LogP contribution in [0.25, 0.3) is 0 Å². The zero-order valence-corrected chi connectivity index (χ0v) is 15.1. The summed E-state index contributed by atoms with van der Waals surface area (Å²) < 4.78 is 10.6. The molecule has 0 spiro atoms. The van der Waals surface area contributed by atoms with E-state index in [4.69, 9.17) is 15.2 Å². The molecule has 3 rings (SSSR count). The summed E-state index contributed by atoms with van der Waals surface area (Å²) in [4.78, 5) is 12.6. The molecule has 6 nitrogen and oxygen atoms in total. The highest BCUT2D eigenvalue weighted by Gasteiger charge is 2.20. The van der Waals surface area contributed by atoms with Crippen molar-refractivity contribution in [3.8, 4) is 11.5 Å². The number of nitrogens with two attached hydrogens (primary N) is 1. The maximum atomic E-state index is 12.6. The molecule has 0 unspecified atom stereocenters. The number of hydrogen-bond donors (Lipinski definition) is 1. The van der Waals surface area contributed by atoms with Crippen molar-refractivity contribution >= 4 is 17.3 Å². The van der Waals surface area contributed by atoms with E-state index in [-0.39, 0.29) is 12.3 Å². The number of hydrogen-bond acceptors (Lipinski definition) is 5. The number of carbonyl (C=O) groups excluding carboxylic acids is 1. The van der Waals surface area contributed by atoms with Gasteiger partial charge in [-0.2, -0.15) is 5.10 Å². The van der Waals surface area contributed by atoms with Crippen LogP contribution in [0.1, 0.15) is 24.0 Å². The number of anilines is 1. The van der Waals surface area contributed by atoms with Crippen LogP contribution in [0.2, 0.25) is 0 Å². The van der Waals surface area contributed by atoms with Gasteiger partial charge in [0.1, 0.15) is 0 Å². The van der Waals surface area contributed by atoms with E-state index in [9.17, 15) is 4.79 Å². The first-order chi connectivity index (χ1) is 12.6. The van der Waals surface area contributed by atoms with Crippen molar-refractivity contribution in [1.82, 2.24) is 5.01 Å². The van der Waals surface area contributed by atoms with Gasteiger partial charge >= 0.3 is 0 Å². The number of methoxy groups -OCH3 is 2. The zero-order valence-electron chi connectivity index (χ0n) is 15.1. The number of nitrogen functional groups attached to an aromatic ring is 1. The molecule has 0 saturated heterocycles. The molecule has 0 atom stereocenters. The lowest BCUT2D eigenvalue weighted by molar-refractivity contribution is -0.130. The molecule has 0 saturated carbocycles. The number of carbonyl (C=O) groups is 1. The second kappa shape index (κ2) is 7.91. The summed E-state index contributed by atoms with van der Waals surface area (Å²) in [6, 6.07) is 13.1. The maximum absolute atomic E-state index is 12.6. The summed E-state index contributed by atoms with van der Waals surface area (Å²) in [5, 5.41) is 6.13. The number of hydrazone groups is 1. The van der Waals surface area contributed by atoms with Crippen molar-refractivity contribution in [2.75, 3.05) is 26.5 Å². The van der Waals surface area contributed by atoms with E-state index < -0.39 is 0 Å². The van der Waals surface area contributed by atoms with Crippen molar-refractivity contribution in [2.45, 2.75) is 19.3 Å². The first kappa shape index (κ1) is 17.8. The average Bonchev–Trinajstić information content (AvgIpc) is 2.67. The molecule has 0 aromatic heterocycles. The lowest BCUT2D eigenvalue weighted by Gasteiger charge is -2.24. The highest BCUT2D eigenvalue weighted by Crippen LogP contribution is 2.29. The number of amides is 1. The van der Waals surface area contributed by atoms with Gasteiger partial charge in [0.15, 0.2) is 11.5 Å². The largest absolute Gasteiger partial charge is 0.493 e. The summed E-state index contributed by atoms with van der Waals surface area (Å²) in [5.41, 5.74) is 9.14. The van der Waals surface area contributed by atoms with Crippen molar-refractivity contribution in [3.05, 3.63) is 53.6 Å². The van der Waals surface area contributed by atoms with E-state index in [1.807, 2.05) is 42.5 Å². The van der Waals surface area contributed by atoms with E-state index in [0.717, 1.165) is 29.7 Å². The molecule has 2 N–H and O–H groups in total. The molecule has 26 heavy (non-hydrogen) atoms. The van der Waals surface area contributed by atoms with Gasteiger partial charge in [-0.3, -0.25) is 4.79 Å². The predicted octanol–water partition coefficient (Wildman–Crippen LogP) is 2.86. The van der Waals surface area contributed by atoms with E-state index in [2.05, 4.69) is 5.10 Å². The molecule has 0 aliphatic carbocycles. The number of rotatable bonds is 5. The third-order valence-corrected chi connectivity index (χ3v) is 4.34. The van der Waals surface area contributed by atoms with Crippen LogP contribution in [0.15, 0.2) is 47.6 Å². The Morgan fingerprint density at radius 2 is 1.96 bits per heavy atom. The molecule has 1 aliphatic heterocycles. The summed E-state index contributed by atoms with van der Waals surface area (Å²) in [6.07, 6.45) is 1.97. The SMILES string of the molecule is COc1ccc(C2=NN(C(=O)Cc3cccc(N)c3)CCC2)cc1OC. The fourth-order valence-corrected chi connectivity index (χ4v) is 3.01. The molecule has 6 heteroatoms. The highest BCUT2D eigenvalue weighted by molar-refractivity contribution is 6.02. The molecular formula is C20H23N3O3. The number of benzene rings is 2. The second-order valence-electron chi connectivity index (χ2n) is 6.16. The maximum Gasteiger partial charge on any atom is 0.247 e. The standard InChI is InChI=1S/C20H23N3O3/c1-25-18-9-8-15(13-19(18)26-2)17-7-4-10-23(22-17)20(24)12-14-5-3-6-16(21)11-14/h3,5-6,8-9,11,13H,4,7,10,12,21H2,1-2H3. The number of ether oxygens (including phenoxy) is 2. The Bertz CT molecular complexity index is 833. The molecule has 1 heterocycles. The summed E-state index contributed by atoms with van der Waals surface area (Å²) in [6.45, 7) is 0.623. The van der Waals surface area contributed by atoms with Crippen LogP contribution >= 0.6 is 0 Å². The summed E-state index contributed by atoms with van der Waals surface area (Å²) in [7, 11) is 3.21. The van der Waals surface area contributed by atoms with Gasteiger partial charge in [-0.1, -0.05) is 12.1 Å². The van der Waals surface area contributed by atoms with Gasteiger partial charge in [0.2, 0.25) is 5.91 Å². The monoisotopic (exact) mass is 353 g/mol. The highest BCUT2D eigenvalue weighted by atomic mass is 16.5. The fraction of sp³-hybridized carbons (Fsp3) is 0.300. The Kier molecular flexibility index (Phi) is 5.41. The first-order valence-electron chi connectivity index (χ1n) is 8.55. The topological polar surface area (TPSA) is 77.2 Å². The molecule has 0 bridgehead atoms. The van der Waals surface area contributed by atoms with Crippen molar-refractivity contribution in [2.24, 2.45) is 5.10 Å². The molecule has 0 radical (unpaired) electrons. The molecule has 1 amide bonds. The van der Waals surface area contributed by atoms with Gasteiger partial charge in [-0.25, -0.2) is 5.01 Å². The van der Waals surface area contributed by atoms with Crippen LogP contribution in [-0.2, 0) is 11.2 Å². The molecule has 0 fully saturated rings. The lowest BCUT2D eigenvalue weighted by atomic mass is 10.0. The van der Waals surface area contributed by atoms with E-state index >= 15 is 0 Å². The fourth-order valence-electron chi connectivity index (χ4n) is 3.01. The summed E-state index contributed by atoms with van der Waals surface area (Å²) >= 11 is 0. The van der Waals surface area contributed by atoms with Crippen LogP contribution in [0.3, 0.4) is 0 Å². The van der Waals surface area contributed by atoms with Crippen molar-refractivity contribution in [3.63, 3.8) is 0 Å². The Balaban J connectivity index is 1.79. The number of nitrogens with zero attached hydrogens (tertiary/aromatic N) is 2. The van der Waals surface area contributed by atoms with Crippen LogP contribution in [0.5, 0.6) is 11.5 Å². The molecule has 2 aromatic carbocycles. The first-order valence-corrected chi connectivity index (χ1v) is 8.55. The zero-order chi connectivity index (χ0) is 18.5. The van der Waals surface area contributed by atoms with Gasteiger partial charge in [-0.15, -0.1) is 0 Å². The quantitative estimate of drug-likeness (QED) is 0.839. The van der Waals surface area contributed by atoms with Crippen LogP contribution in [0, 0.1) is 0 Å². The Hall–Kier alpha value is -3.02. The Morgan fingerprint density at radius 1 is 1.15 bits per heavy atom. The smallest absolute Gasteiger partial charge is 0.247 e. The minimum absolute atomic E-state index is 0.0340. The Labute approximate surface area is 153 Å². The van der Waals surface area contributed by atoms with E-state index in [1.54, 1.807) is 19.2 Å². The van der Waals surface area contributed by atoms with Crippen LogP contribution < -0.4 is 15.2 Å². The van der Waals surface area contributed by atoms with Crippen LogP contribution in [0.4, 0.5) is 5.69 Å². The van der Waals surface area contributed by atoms with Gasteiger partial charge in [0.25, 0.3) is 0 Å². The van der Waals surface area contributed by atoms with Gasteiger partial charge in [0.05, 0.1) is 26.4 Å². The van der Waals surface area contributed by atoms with Crippen LogP contribution in [-0.4, -0.2) is 37.4 Å². The minimum atomic E-state index is -0.0340. The Morgan fingerprint density at radius 3 is 2.69 bits per heavy atom. The second-order valence-corrected chi connectivity index (χ2v) is 6.16. The third kappa shape index (κ3) is 3.96. The average molecular weight is 353 g/mol. The lowest BCUT2D eigenvalue weighted by Crippen LogP contribution is -2.33. The molecular weight excluding hydrogens is 330 g/mol. The predicted molar refractivity (Wildman–Crippen MR) is 102 cm³/mol. The third-order valence-electron chi connectivity index (χ3n) is 4.34. The molecule has 1 aliphatic rings. The van der Waals surface area contributed by atoms with Gasteiger partial charge in [0, 0.05) is 17.8 Å². The summed E-state index contributed by atoms with van der Waals surface area (Å²) in [5.74, 6) is 1.28. The molecule has 136 valence electrons. The van der Waals surface area contributed by atoms with Crippen molar-refractivity contribution < 1.29 is 14.3 Å².